The summed E-state index contributed by atoms with van der Waals surface area (Å²) in [6.07, 6.45) is 4.70. The molecule has 0 aromatic heterocycles. The van der Waals surface area contributed by atoms with Crippen LogP contribution in [0.25, 0.3) is 0 Å². The largest absolute Gasteiger partial charge is 0.492 e. The summed E-state index contributed by atoms with van der Waals surface area (Å²) >= 11 is 0. The molecule has 1 atom stereocenters. The number of hydrogen-bond donors (Lipinski definition) is 1. The molecule has 2 aliphatic heterocycles. The van der Waals surface area contributed by atoms with Crippen LogP contribution in [0.5, 0.6) is 5.75 Å². The van der Waals surface area contributed by atoms with Crippen LogP contribution in [0.4, 0.5) is 5.69 Å². The Balaban J connectivity index is 1.52. The molecule has 116 valence electrons. The molecule has 4 heteroatoms. The van der Waals surface area contributed by atoms with Crippen molar-refractivity contribution in [3.63, 3.8) is 0 Å². The maximum atomic E-state index is 5.98. The van der Waals surface area contributed by atoms with E-state index in [4.69, 9.17) is 9.47 Å². The number of nitrogens with zero attached hydrogens (tertiary/aromatic N) is 1. The van der Waals surface area contributed by atoms with Gasteiger partial charge in [-0.25, -0.2) is 0 Å². The predicted molar refractivity (Wildman–Crippen MR) is 85.1 cm³/mol. The van der Waals surface area contributed by atoms with E-state index in [1.54, 1.807) is 0 Å². The SMILES string of the molecule is CN1CCC[C@H]1COc1cccc(NC2CCOCC2)c1. The fourth-order valence-corrected chi connectivity index (χ4v) is 3.14. The summed E-state index contributed by atoms with van der Waals surface area (Å²) in [5, 5.41) is 3.59. The quantitative estimate of drug-likeness (QED) is 0.904. The Morgan fingerprint density at radius 1 is 1.29 bits per heavy atom. The van der Waals surface area contributed by atoms with E-state index in [1.807, 2.05) is 6.07 Å². The highest BCUT2D eigenvalue weighted by Crippen LogP contribution is 2.22. The summed E-state index contributed by atoms with van der Waals surface area (Å²) in [7, 11) is 2.18. The lowest BCUT2D eigenvalue weighted by Gasteiger charge is -2.24. The summed E-state index contributed by atoms with van der Waals surface area (Å²) in [6.45, 7) is 3.71. The summed E-state index contributed by atoms with van der Waals surface area (Å²) in [5.41, 5.74) is 1.15. The lowest BCUT2D eigenvalue weighted by atomic mass is 10.1. The number of rotatable bonds is 5. The molecule has 21 heavy (non-hydrogen) atoms. The molecule has 4 nitrogen and oxygen atoms in total. The highest BCUT2D eigenvalue weighted by molar-refractivity contribution is 5.48. The number of nitrogens with one attached hydrogen (secondary N) is 1. The zero-order chi connectivity index (χ0) is 14.5. The van der Waals surface area contributed by atoms with Crippen LogP contribution in [0.2, 0.25) is 0 Å². The topological polar surface area (TPSA) is 33.7 Å². The van der Waals surface area contributed by atoms with Gasteiger partial charge in [0.1, 0.15) is 12.4 Å². The molecule has 0 amide bonds. The molecule has 0 saturated carbocycles. The summed E-state index contributed by atoms with van der Waals surface area (Å²) in [5.74, 6) is 0.965. The average molecular weight is 290 g/mol. The van der Waals surface area contributed by atoms with E-state index in [0.29, 0.717) is 12.1 Å². The first-order valence-corrected chi connectivity index (χ1v) is 8.08. The molecule has 3 rings (SSSR count). The Hall–Kier alpha value is -1.26. The van der Waals surface area contributed by atoms with Crippen molar-refractivity contribution in [1.29, 1.82) is 0 Å². The molecule has 2 saturated heterocycles. The van der Waals surface area contributed by atoms with E-state index < -0.39 is 0 Å². The van der Waals surface area contributed by atoms with Gasteiger partial charge in [0.15, 0.2) is 0 Å². The number of anilines is 1. The number of likely N-dealkylation sites (N-methyl/N-ethyl adjacent to an activating group) is 1. The number of likely N-dealkylation sites (tertiary alicyclic amines) is 1. The minimum absolute atomic E-state index is 0.523. The van der Waals surface area contributed by atoms with E-state index in [2.05, 4.69) is 35.5 Å². The Morgan fingerprint density at radius 2 is 2.14 bits per heavy atom. The fraction of sp³-hybridized carbons (Fsp3) is 0.647. The van der Waals surface area contributed by atoms with Gasteiger partial charge in [-0.3, -0.25) is 0 Å². The lowest BCUT2D eigenvalue weighted by Crippen LogP contribution is -2.30. The average Bonchev–Trinajstić information content (AvgIpc) is 2.92. The minimum atomic E-state index is 0.523. The highest BCUT2D eigenvalue weighted by atomic mass is 16.5. The molecule has 0 spiro atoms. The first-order chi connectivity index (χ1) is 10.3. The third kappa shape index (κ3) is 4.11. The second-order valence-electron chi connectivity index (χ2n) is 6.15. The molecule has 2 heterocycles. The van der Waals surface area contributed by atoms with Crippen molar-refractivity contribution in [1.82, 2.24) is 4.90 Å². The van der Waals surface area contributed by atoms with E-state index in [0.717, 1.165) is 44.1 Å². The molecular weight excluding hydrogens is 264 g/mol. The van der Waals surface area contributed by atoms with Crippen LogP contribution in [-0.4, -0.2) is 50.4 Å². The van der Waals surface area contributed by atoms with Crippen molar-refractivity contribution in [2.75, 3.05) is 38.7 Å². The summed E-state index contributed by atoms with van der Waals surface area (Å²) in [6, 6.07) is 9.43. The van der Waals surface area contributed by atoms with Crippen molar-refractivity contribution < 1.29 is 9.47 Å². The third-order valence-electron chi connectivity index (χ3n) is 4.54. The summed E-state index contributed by atoms with van der Waals surface area (Å²) in [4.78, 5) is 2.39. The van der Waals surface area contributed by atoms with Gasteiger partial charge in [0.25, 0.3) is 0 Å². The molecule has 2 aliphatic rings. The molecule has 0 aliphatic carbocycles. The zero-order valence-corrected chi connectivity index (χ0v) is 12.9. The van der Waals surface area contributed by atoms with Crippen LogP contribution in [0, 0.1) is 0 Å². The second-order valence-corrected chi connectivity index (χ2v) is 6.15. The fourth-order valence-electron chi connectivity index (χ4n) is 3.14. The van der Waals surface area contributed by atoms with Crippen LogP contribution in [0.1, 0.15) is 25.7 Å². The van der Waals surface area contributed by atoms with Gasteiger partial charge < -0.3 is 19.7 Å². The molecule has 1 aromatic carbocycles. The van der Waals surface area contributed by atoms with Gasteiger partial charge in [0.05, 0.1) is 0 Å². The maximum absolute atomic E-state index is 5.98. The van der Waals surface area contributed by atoms with Gasteiger partial charge in [-0.2, -0.15) is 0 Å². The first kappa shape index (κ1) is 14.7. The molecule has 2 fully saturated rings. The molecule has 0 bridgehead atoms. The minimum Gasteiger partial charge on any atom is -0.492 e. The van der Waals surface area contributed by atoms with Crippen molar-refractivity contribution in [2.24, 2.45) is 0 Å². The zero-order valence-electron chi connectivity index (χ0n) is 12.9. The van der Waals surface area contributed by atoms with Gasteiger partial charge >= 0.3 is 0 Å². The van der Waals surface area contributed by atoms with Crippen molar-refractivity contribution in [3.8, 4) is 5.75 Å². The Kier molecular flexibility index (Phi) is 4.99. The van der Waals surface area contributed by atoms with Crippen molar-refractivity contribution >= 4 is 5.69 Å². The Labute approximate surface area is 127 Å². The molecular formula is C17H26N2O2. The van der Waals surface area contributed by atoms with Gasteiger partial charge in [-0.1, -0.05) is 6.07 Å². The first-order valence-electron chi connectivity index (χ1n) is 8.08. The van der Waals surface area contributed by atoms with Gasteiger partial charge in [-0.05, 0) is 51.4 Å². The predicted octanol–water partition coefficient (Wildman–Crippen LogP) is 2.75. The van der Waals surface area contributed by atoms with E-state index >= 15 is 0 Å². The van der Waals surface area contributed by atoms with Crippen LogP contribution in [-0.2, 0) is 4.74 Å². The van der Waals surface area contributed by atoms with Crippen molar-refractivity contribution in [3.05, 3.63) is 24.3 Å². The monoisotopic (exact) mass is 290 g/mol. The van der Waals surface area contributed by atoms with Gasteiger partial charge in [-0.15, -0.1) is 0 Å². The van der Waals surface area contributed by atoms with Gasteiger partial charge in [0.2, 0.25) is 0 Å². The third-order valence-corrected chi connectivity index (χ3v) is 4.54. The normalized spacial score (nSPS) is 24.1. The maximum Gasteiger partial charge on any atom is 0.121 e. The van der Waals surface area contributed by atoms with E-state index in [9.17, 15) is 0 Å². The number of ether oxygens (including phenoxy) is 2. The van der Waals surface area contributed by atoms with Crippen LogP contribution < -0.4 is 10.1 Å². The van der Waals surface area contributed by atoms with E-state index in [-0.39, 0.29) is 0 Å². The standard InChI is InChI=1S/C17H26N2O2/c1-19-9-3-5-16(19)13-21-17-6-2-4-15(12-17)18-14-7-10-20-11-8-14/h2,4,6,12,14,16,18H,3,5,7-11,13H2,1H3/t16-/m0/s1. The summed E-state index contributed by atoms with van der Waals surface area (Å²) < 4.78 is 11.4. The number of benzene rings is 1. The van der Waals surface area contributed by atoms with Crippen LogP contribution >= 0.6 is 0 Å². The smallest absolute Gasteiger partial charge is 0.121 e. The molecule has 0 unspecified atom stereocenters. The van der Waals surface area contributed by atoms with Crippen LogP contribution in [0.3, 0.4) is 0 Å². The van der Waals surface area contributed by atoms with E-state index in [1.165, 1.54) is 19.4 Å². The Morgan fingerprint density at radius 3 is 2.90 bits per heavy atom. The molecule has 0 radical (unpaired) electrons. The Bertz CT molecular complexity index is 446. The highest BCUT2D eigenvalue weighted by Gasteiger charge is 2.21. The van der Waals surface area contributed by atoms with Gasteiger partial charge in [0, 0.05) is 37.1 Å². The lowest BCUT2D eigenvalue weighted by molar-refractivity contribution is 0.0904. The van der Waals surface area contributed by atoms with Crippen LogP contribution in [0.15, 0.2) is 24.3 Å². The number of hydrogen-bond acceptors (Lipinski definition) is 4. The van der Waals surface area contributed by atoms with Crippen molar-refractivity contribution in [2.45, 2.75) is 37.8 Å². The second kappa shape index (κ2) is 7.14. The molecule has 1 N–H and O–H groups in total. The molecule has 1 aromatic rings.